The smallest absolute Gasteiger partial charge is 0.0450 e. The number of nitrogens with one attached hydrogen (secondary N) is 1. The Morgan fingerprint density at radius 3 is 3.13 bits per heavy atom. The van der Waals surface area contributed by atoms with Gasteiger partial charge in [0.25, 0.3) is 0 Å². The van der Waals surface area contributed by atoms with Gasteiger partial charge >= 0.3 is 0 Å². The molecule has 1 aromatic carbocycles. The van der Waals surface area contributed by atoms with Crippen molar-refractivity contribution in [3.8, 4) is 0 Å². The molecule has 0 radical (unpaired) electrons. The standard InChI is InChI=1S/C12H17ClN2/c1-2-15-7-6-14-12(9-15)10-4-3-5-11(13)8-10/h3-5,8,12,14H,2,6-7,9H2,1H3/t12-/m1/s1. The molecule has 1 N–H and O–H groups in total. The molecule has 82 valence electrons. The summed E-state index contributed by atoms with van der Waals surface area (Å²) in [5.74, 6) is 0. The van der Waals surface area contributed by atoms with E-state index < -0.39 is 0 Å². The zero-order valence-corrected chi connectivity index (χ0v) is 9.80. The van der Waals surface area contributed by atoms with Crippen molar-refractivity contribution >= 4 is 11.6 Å². The minimum absolute atomic E-state index is 0.428. The number of hydrogen-bond donors (Lipinski definition) is 1. The molecule has 1 aliphatic heterocycles. The molecule has 2 rings (SSSR count). The first kappa shape index (κ1) is 10.9. The summed E-state index contributed by atoms with van der Waals surface area (Å²) >= 11 is 5.99. The highest BCUT2D eigenvalue weighted by molar-refractivity contribution is 6.30. The fourth-order valence-electron chi connectivity index (χ4n) is 2.04. The number of benzene rings is 1. The number of halogens is 1. The van der Waals surface area contributed by atoms with Crippen molar-refractivity contribution < 1.29 is 0 Å². The lowest BCUT2D eigenvalue weighted by Crippen LogP contribution is -2.45. The summed E-state index contributed by atoms with van der Waals surface area (Å²) in [6, 6.07) is 8.56. The first-order chi connectivity index (χ1) is 7.29. The van der Waals surface area contributed by atoms with Crippen LogP contribution in [-0.2, 0) is 0 Å². The minimum atomic E-state index is 0.428. The van der Waals surface area contributed by atoms with Gasteiger partial charge in [0.2, 0.25) is 0 Å². The Morgan fingerprint density at radius 1 is 1.53 bits per heavy atom. The molecule has 0 aliphatic carbocycles. The van der Waals surface area contributed by atoms with Gasteiger partial charge < -0.3 is 10.2 Å². The van der Waals surface area contributed by atoms with Crippen LogP contribution in [0.4, 0.5) is 0 Å². The molecular weight excluding hydrogens is 208 g/mol. The van der Waals surface area contributed by atoms with E-state index in [4.69, 9.17) is 11.6 Å². The van der Waals surface area contributed by atoms with Crippen molar-refractivity contribution in [1.29, 1.82) is 0 Å². The van der Waals surface area contributed by atoms with Crippen molar-refractivity contribution in [2.75, 3.05) is 26.2 Å². The first-order valence-electron chi connectivity index (χ1n) is 5.51. The molecule has 1 aromatic rings. The summed E-state index contributed by atoms with van der Waals surface area (Å²) in [5, 5.41) is 4.35. The average molecular weight is 225 g/mol. The summed E-state index contributed by atoms with van der Waals surface area (Å²) in [7, 11) is 0. The number of hydrogen-bond acceptors (Lipinski definition) is 2. The lowest BCUT2D eigenvalue weighted by Gasteiger charge is -2.33. The van der Waals surface area contributed by atoms with Crippen LogP contribution in [-0.4, -0.2) is 31.1 Å². The van der Waals surface area contributed by atoms with Crippen molar-refractivity contribution in [1.82, 2.24) is 10.2 Å². The Kier molecular flexibility index (Phi) is 3.62. The molecule has 0 saturated carbocycles. The van der Waals surface area contributed by atoms with Gasteiger partial charge in [-0.25, -0.2) is 0 Å². The van der Waals surface area contributed by atoms with E-state index in [1.165, 1.54) is 5.56 Å². The van der Waals surface area contributed by atoms with Crippen LogP contribution in [0.1, 0.15) is 18.5 Å². The summed E-state index contributed by atoms with van der Waals surface area (Å²) in [6.07, 6.45) is 0. The van der Waals surface area contributed by atoms with Gasteiger partial charge in [0.05, 0.1) is 0 Å². The Labute approximate surface area is 96.2 Å². The van der Waals surface area contributed by atoms with Crippen molar-refractivity contribution in [2.45, 2.75) is 13.0 Å². The molecule has 0 bridgehead atoms. The maximum Gasteiger partial charge on any atom is 0.0450 e. The van der Waals surface area contributed by atoms with E-state index in [1.807, 2.05) is 12.1 Å². The monoisotopic (exact) mass is 224 g/mol. The molecule has 0 spiro atoms. The SMILES string of the molecule is CCN1CCN[C@@H](c2cccc(Cl)c2)C1. The van der Waals surface area contributed by atoms with E-state index >= 15 is 0 Å². The number of nitrogens with zero attached hydrogens (tertiary/aromatic N) is 1. The number of likely N-dealkylation sites (N-methyl/N-ethyl adjacent to an activating group) is 1. The molecule has 0 aromatic heterocycles. The third-order valence-corrected chi connectivity index (χ3v) is 3.19. The third-order valence-electron chi connectivity index (χ3n) is 2.96. The van der Waals surface area contributed by atoms with Gasteiger partial charge in [-0.15, -0.1) is 0 Å². The second-order valence-corrected chi connectivity index (χ2v) is 4.39. The van der Waals surface area contributed by atoms with Gasteiger partial charge in [-0.2, -0.15) is 0 Å². The van der Waals surface area contributed by atoms with Crippen molar-refractivity contribution in [3.63, 3.8) is 0 Å². The number of rotatable bonds is 2. The maximum atomic E-state index is 5.99. The van der Waals surface area contributed by atoms with Gasteiger partial charge in [-0.1, -0.05) is 30.7 Å². The third kappa shape index (κ3) is 2.71. The molecule has 1 fully saturated rings. The zero-order valence-electron chi connectivity index (χ0n) is 9.04. The summed E-state index contributed by atoms with van der Waals surface area (Å²) < 4.78 is 0. The minimum Gasteiger partial charge on any atom is -0.308 e. The van der Waals surface area contributed by atoms with Crippen molar-refractivity contribution in [3.05, 3.63) is 34.9 Å². The Morgan fingerprint density at radius 2 is 2.40 bits per heavy atom. The predicted octanol–water partition coefficient (Wildman–Crippen LogP) is 2.31. The summed E-state index contributed by atoms with van der Waals surface area (Å²) in [4.78, 5) is 2.46. The molecule has 1 saturated heterocycles. The van der Waals surface area contributed by atoms with Gasteiger partial charge in [0, 0.05) is 30.7 Å². The highest BCUT2D eigenvalue weighted by Crippen LogP contribution is 2.20. The first-order valence-corrected chi connectivity index (χ1v) is 5.88. The van der Waals surface area contributed by atoms with E-state index in [0.717, 1.165) is 31.2 Å². The molecule has 15 heavy (non-hydrogen) atoms. The summed E-state index contributed by atoms with van der Waals surface area (Å²) in [5.41, 5.74) is 1.29. The van der Waals surface area contributed by atoms with Crippen LogP contribution in [0, 0.1) is 0 Å². The lowest BCUT2D eigenvalue weighted by molar-refractivity contribution is 0.210. The normalized spacial score (nSPS) is 22.9. The second kappa shape index (κ2) is 4.97. The second-order valence-electron chi connectivity index (χ2n) is 3.95. The van der Waals surface area contributed by atoms with Crippen LogP contribution in [0.15, 0.2) is 24.3 Å². The van der Waals surface area contributed by atoms with E-state index in [9.17, 15) is 0 Å². The van der Waals surface area contributed by atoms with Crippen LogP contribution < -0.4 is 5.32 Å². The average Bonchev–Trinajstić information content (AvgIpc) is 2.29. The van der Waals surface area contributed by atoms with E-state index in [1.54, 1.807) is 0 Å². The molecule has 0 unspecified atom stereocenters. The molecular formula is C12H17ClN2. The van der Waals surface area contributed by atoms with Crippen LogP contribution in [0.2, 0.25) is 5.02 Å². The van der Waals surface area contributed by atoms with Gasteiger partial charge in [-0.05, 0) is 24.2 Å². The van der Waals surface area contributed by atoms with Crippen LogP contribution in [0.5, 0.6) is 0 Å². The predicted molar refractivity (Wildman–Crippen MR) is 64.3 cm³/mol. The van der Waals surface area contributed by atoms with Crippen LogP contribution >= 0.6 is 11.6 Å². The highest BCUT2D eigenvalue weighted by Gasteiger charge is 2.19. The summed E-state index contributed by atoms with van der Waals surface area (Å²) in [6.45, 7) is 6.62. The molecule has 0 amide bonds. The largest absolute Gasteiger partial charge is 0.308 e. The quantitative estimate of drug-likeness (QED) is 0.830. The lowest BCUT2D eigenvalue weighted by atomic mass is 10.0. The zero-order chi connectivity index (χ0) is 10.7. The maximum absolute atomic E-state index is 5.99. The van der Waals surface area contributed by atoms with E-state index in [-0.39, 0.29) is 0 Å². The highest BCUT2D eigenvalue weighted by atomic mass is 35.5. The van der Waals surface area contributed by atoms with E-state index in [2.05, 4.69) is 29.3 Å². The van der Waals surface area contributed by atoms with Crippen LogP contribution in [0.3, 0.4) is 0 Å². The van der Waals surface area contributed by atoms with Crippen molar-refractivity contribution in [2.24, 2.45) is 0 Å². The Hall–Kier alpha value is -0.570. The van der Waals surface area contributed by atoms with E-state index in [0.29, 0.717) is 6.04 Å². The molecule has 3 heteroatoms. The topological polar surface area (TPSA) is 15.3 Å². The molecule has 2 nitrogen and oxygen atoms in total. The molecule has 1 atom stereocenters. The van der Waals surface area contributed by atoms with Gasteiger partial charge in [-0.3, -0.25) is 0 Å². The molecule has 1 heterocycles. The molecule has 1 aliphatic rings. The van der Waals surface area contributed by atoms with Gasteiger partial charge in [0.15, 0.2) is 0 Å². The number of piperazine rings is 1. The Balaban J connectivity index is 2.09. The van der Waals surface area contributed by atoms with Crippen LogP contribution in [0.25, 0.3) is 0 Å². The fourth-order valence-corrected chi connectivity index (χ4v) is 2.24. The fraction of sp³-hybridized carbons (Fsp3) is 0.500. The van der Waals surface area contributed by atoms with Gasteiger partial charge in [0.1, 0.15) is 0 Å². The Bertz CT molecular complexity index is 327.